The Morgan fingerprint density at radius 2 is 1.95 bits per heavy atom. The number of methoxy groups -OCH3 is 2. The molecule has 1 N–H and O–H groups in total. The molecular formula is C17H26O3. The number of aliphatic hydroxyl groups is 1. The first-order chi connectivity index (χ1) is 9.69. The zero-order valence-corrected chi connectivity index (χ0v) is 12.8. The third kappa shape index (κ3) is 3.26. The monoisotopic (exact) mass is 278 g/mol. The topological polar surface area (TPSA) is 38.7 Å². The van der Waals surface area contributed by atoms with E-state index in [2.05, 4.69) is 6.92 Å². The van der Waals surface area contributed by atoms with Crippen LogP contribution in [0.1, 0.15) is 50.7 Å². The molecule has 0 bridgehead atoms. The molecule has 1 saturated carbocycles. The minimum atomic E-state index is -0.399. The summed E-state index contributed by atoms with van der Waals surface area (Å²) in [5, 5.41) is 10.6. The summed E-state index contributed by atoms with van der Waals surface area (Å²) in [6.07, 6.45) is 5.61. The van der Waals surface area contributed by atoms with Crippen molar-refractivity contribution in [3.05, 3.63) is 23.8 Å². The molecule has 3 heteroatoms. The summed E-state index contributed by atoms with van der Waals surface area (Å²) in [5.41, 5.74) is 0.935. The van der Waals surface area contributed by atoms with Crippen LogP contribution in [0.5, 0.6) is 11.5 Å². The van der Waals surface area contributed by atoms with E-state index in [1.807, 2.05) is 18.2 Å². The van der Waals surface area contributed by atoms with E-state index in [4.69, 9.17) is 9.47 Å². The molecule has 0 aliphatic heterocycles. The van der Waals surface area contributed by atoms with E-state index in [1.54, 1.807) is 14.2 Å². The summed E-state index contributed by atoms with van der Waals surface area (Å²) >= 11 is 0. The molecule has 0 amide bonds. The Morgan fingerprint density at radius 3 is 2.60 bits per heavy atom. The van der Waals surface area contributed by atoms with Crippen molar-refractivity contribution >= 4 is 0 Å². The van der Waals surface area contributed by atoms with Crippen LogP contribution in [0.15, 0.2) is 18.2 Å². The molecule has 1 aliphatic carbocycles. The maximum atomic E-state index is 10.6. The predicted molar refractivity (Wildman–Crippen MR) is 80.2 cm³/mol. The molecule has 2 rings (SSSR count). The van der Waals surface area contributed by atoms with E-state index < -0.39 is 6.10 Å². The molecule has 0 spiro atoms. The standard InChI is InChI=1S/C17H26O3/c1-4-12-6-5-7-13(10-12)17(18)14-8-9-15(19-2)16(11-14)20-3/h8-9,11-13,17-18H,4-7,10H2,1-3H3. The fraction of sp³-hybridized carbons (Fsp3) is 0.647. The lowest BCUT2D eigenvalue weighted by molar-refractivity contribution is 0.0676. The first-order valence-electron chi connectivity index (χ1n) is 7.59. The van der Waals surface area contributed by atoms with Crippen LogP contribution in [-0.2, 0) is 0 Å². The van der Waals surface area contributed by atoms with E-state index >= 15 is 0 Å². The second-order valence-corrected chi connectivity index (χ2v) is 5.76. The first kappa shape index (κ1) is 15.2. The van der Waals surface area contributed by atoms with Crippen LogP contribution in [-0.4, -0.2) is 19.3 Å². The van der Waals surface area contributed by atoms with Crippen molar-refractivity contribution < 1.29 is 14.6 Å². The van der Waals surface area contributed by atoms with Crippen molar-refractivity contribution in [1.29, 1.82) is 0 Å². The molecule has 3 unspecified atom stereocenters. The summed E-state index contributed by atoms with van der Waals surface area (Å²) in [7, 11) is 3.25. The van der Waals surface area contributed by atoms with Crippen LogP contribution >= 0.6 is 0 Å². The van der Waals surface area contributed by atoms with Crippen molar-refractivity contribution in [3.8, 4) is 11.5 Å². The van der Waals surface area contributed by atoms with Gasteiger partial charge in [0, 0.05) is 0 Å². The van der Waals surface area contributed by atoms with Crippen LogP contribution < -0.4 is 9.47 Å². The van der Waals surface area contributed by atoms with Crippen molar-refractivity contribution in [2.45, 2.75) is 45.1 Å². The lowest BCUT2D eigenvalue weighted by Crippen LogP contribution is -2.21. The number of ether oxygens (including phenoxy) is 2. The van der Waals surface area contributed by atoms with Gasteiger partial charge in [0.15, 0.2) is 11.5 Å². The van der Waals surface area contributed by atoms with Gasteiger partial charge in [0.1, 0.15) is 0 Å². The molecule has 1 aliphatic rings. The van der Waals surface area contributed by atoms with Crippen LogP contribution in [0.2, 0.25) is 0 Å². The quantitative estimate of drug-likeness (QED) is 0.886. The van der Waals surface area contributed by atoms with Gasteiger partial charge in [0.05, 0.1) is 20.3 Å². The van der Waals surface area contributed by atoms with Crippen molar-refractivity contribution in [2.24, 2.45) is 11.8 Å². The molecule has 0 saturated heterocycles. The van der Waals surface area contributed by atoms with E-state index in [0.717, 1.165) is 24.3 Å². The summed E-state index contributed by atoms with van der Waals surface area (Å²) in [4.78, 5) is 0. The fourth-order valence-corrected chi connectivity index (χ4v) is 3.30. The van der Waals surface area contributed by atoms with Gasteiger partial charge in [-0.05, 0) is 42.4 Å². The maximum Gasteiger partial charge on any atom is 0.161 e. The second kappa shape index (κ2) is 6.98. The lowest BCUT2D eigenvalue weighted by Gasteiger charge is -2.32. The molecular weight excluding hydrogens is 252 g/mol. The number of rotatable bonds is 5. The largest absolute Gasteiger partial charge is 0.493 e. The third-order valence-corrected chi connectivity index (χ3v) is 4.60. The number of benzene rings is 1. The van der Waals surface area contributed by atoms with Gasteiger partial charge in [-0.25, -0.2) is 0 Å². The Hall–Kier alpha value is -1.22. The highest BCUT2D eigenvalue weighted by Gasteiger charge is 2.28. The smallest absolute Gasteiger partial charge is 0.161 e. The van der Waals surface area contributed by atoms with Gasteiger partial charge in [-0.15, -0.1) is 0 Å². The van der Waals surface area contributed by atoms with Crippen LogP contribution in [0.3, 0.4) is 0 Å². The van der Waals surface area contributed by atoms with Crippen LogP contribution in [0.4, 0.5) is 0 Å². The minimum absolute atomic E-state index is 0.367. The molecule has 0 radical (unpaired) electrons. The van der Waals surface area contributed by atoms with E-state index in [-0.39, 0.29) is 0 Å². The highest BCUT2D eigenvalue weighted by atomic mass is 16.5. The second-order valence-electron chi connectivity index (χ2n) is 5.76. The lowest BCUT2D eigenvalue weighted by atomic mass is 9.76. The zero-order valence-electron chi connectivity index (χ0n) is 12.8. The molecule has 0 aromatic heterocycles. The third-order valence-electron chi connectivity index (χ3n) is 4.60. The number of aliphatic hydroxyl groups excluding tert-OH is 1. The van der Waals surface area contributed by atoms with Gasteiger partial charge >= 0.3 is 0 Å². The summed E-state index contributed by atoms with van der Waals surface area (Å²) < 4.78 is 10.6. The molecule has 1 aromatic carbocycles. The Kier molecular flexibility index (Phi) is 5.30. The highest BCUT2D eigenvalue weighted by Crippen LogP contribution is 2.40. The van der Waals surface area contributed by atoms with Gasteiger partial charge in [-0.2, -0.15) is 0 Å². The van der Waals surface area contributed by atoms with Crippen molar-refractivity contribution in [3.63, 3.8) is 0 Å². The highest BCUT2D eigenvalue weighted by molar-refractivity contribution is 5.43. The average molecular weight is 278 g/mol. The van der Waals surface area contributed by atoms with Gasteiger partial charge in [0.25, 0.3) is 0 Å². The van der Waals surface area contributed by atoms with Gasteiger partial charge < -0.3 is 14.6 Å². The first-order valence-corrected chi connectivity index (χ1v) is 7.59. The molecule has 3 atom stereocenters. The van der Waals surface area contributed by atoms with E-state index in [1.165, 1.54) is 19.3 Å². The SMILES string of the molecule is CCC1CCCC(C(O)c2ccc(OC)c(OC)c2)C1. The van der Waals surface area contributed by atoms with Crippen LogP contribution in [0.25, 0.3) is 0 Å². The van der Waals surface area contributed by atoms with Crippen molar-refractivity contribution in [1.82, 2.24) is 0 Å². The normalized spacial score (nSPS) is 24.2. The average Bonchev–Trinajstić information content (AvgIpc) is 2.53. The van der Waals surface area contributed by atoms with Gasteiger partial charge in [-0.1, -0.05) is 32.3 Å². The molecule has 1 aromatic rings. The molecule has 0 heterocycles. The zero-order chi connectivity index (χ0) is 14.5. The summed E-state index contributed by atoms with van der Waals surface area (Å²) in [6.45, 7) is 2.25. The molecule has 3 nitrogen and oxygen atoms in total. The van der Waals surface area contributed by atoms with Gasteiger partial charge in [0.2, 0.25) is 0 Å². The Balaban J connectivity index is 2.13. The number of hydrogen-bond donors (Lipinski definition) is 1. The maximum absolute atomic E-state index is 10.6. The number of hydrogen-bond acceptors (Lipinski definition) is 3. The molecule has 112 valence electrons. The van der Waals surface area contributed by atoms with Crippen LogP contribution in [0, 0.1) is 11.8 Å². The molecule has 20 heavy (non-hydrogen) atoms. The predicted octanol–water partition coefficient (Wildman–Crippen LogP) is 3.95. The molecule has 1 fully saturated rings. The minimum Gasteiger partial charge on any atom is -0.493 e. The van der Waals surface area contributed by atoms with E-state index in [9.17, 15) is 5.11 Å². The summed E-state index contributed by atoms with van der Waals surface area (Å²) in [6, 6.07) is 5.72. The Bertz CT molecular complexity index is 430. The summed E-state index contributed by atoms with van der Waals surface area (Å²) in [5.74, 6) is 2.53. The van der Waals surface area contributed by atoms with Crippen molar-refractivity contribution in [2.75, 3.05) is 14.2 Å². The van der Waals surface area contributed by atoms with E-state index in [0.29, 0.717) is 17.4 Å². The Morgan fingerprint density at radius 1 is 1.20 bits per heavy atom. The Labute approximate surface area is 121 Å². The fourth-order valence-electron chi connectivity index (χ4n) is 3.30. The van der Waals surface area contributed by atoms with Gasteiger partial charge in [-0.3, -0.25) is 0 Å².